The molecule has 0 spiro atoms. The monoisotopic (exact) mass is 344 g/mol. The topological polar surface area (TPSA) is 96.9 Å². The predicted molar refractivity (Wildman–Crippen MR) is 93.6 cm³/mol. The molecular formula is C18H20N2O5. The number of carbonyl (C=O) groups excluding carboxylic acids is 2. The van der Waals surface area contributed by atoms with E-state index in [0.717, 1.165) is 0 Å². The Morgan fingerprint density at radius 1 is 0.880 bits per heavy atom. The highest BCUT2D eigenvalue weighted by Gasteiger charge is 2.26. The lowest BCUT2D eigenvalue weighted by atomic mass is 9.88. The molecule has 25 heavy (non-hydrogen) atoms. The fourth-order valence-electron chi connectivity index (χ4n) is 2.30. The summed E-state index contributed by atoms with van der Waals surface area (Å²) in [5.74, 6) is 0. The van der Waals surface area contributed by atoms with E-state index in [1.807, 2.05) is 0 Å². The molecule has 0 bridgehead atoms. The van der Waals surface area contributed by atoms with Gasteiger partial charge in [0.15, 0.2) is 0 Å². The fraction of sp³-hybridized carbons (Fsp3) is 0.222. The van der Waals surface area contributed by atoms with E-state index in [-0.39, 0.29) is 0 Å². The number of rotatable bonds is 4. The van der Waals surface area contributed by atoms with Crippen molar-refractivity contribution < 1.29 is 24.2 Å². The number of carbonyl (C=O) groups is 2. The number of hydrogen-bond acceptors (Lipinski definition) is 5. The molecule has 0 heterocycles. The standard InChI is InChI=1S/C18H20N2O5/c1-18(23,12-6-4-8-14(10-12)19-16(21)24-2)13-7-5-9-15(11-13)20-17(22)25-3/h4-11,23H,1-3H3,(H,19,21)(H,20,22). The summed E-state index contributed by atoms with van der Waals surface area (Å²) in [6.45, 7) is 1.63. The number of amides is 2. The Balaban J connectivity index is 2.32. The van der Waals surface area contributed by atoms with Crippen LogP contribution in [0.1, 0.15) is 18.1 Å². The molecule has 0 saturated carbocycles. The van der Waals surface area contributed by atoms with Crippen LogP contribution in [0.15, 0.2) is 48.5 Å². The second-order valence-electron chi connectivity index (χ2n) is 5.47. The molecule has 7 heteroatoms. The van der Waals surface area contributed by atoms with Crippen LogP contribution in [0.5, 0.6) is 0 Å². The van der Waals surface area contributed by atoms with Crippen molar-refractivity contribution in [2.75, 3.05) is 24.9 Å². The normalized spacial score (nSPS) is 10.7. The van der Waals surface area contributed by atoms with Crippen LogP contribution in [0, 0.1) is 0 Å². The molecule has 0 aromatic heterocycles. The van der Waals surface area contributed by atoms with Gasteiger partial charge in [-0.1, -0.05) is 24.3 Å². The lowest BCUT2D eigenvalue weighted by Gasteiger charge is -2.25. The van der Waals surface area contributed by atoms with Gasteiger partial charge in [0.2, 0.25) is 0 Å². The minimum absolute atomic E-state index is 0.494. The SMILES string of the molecule is COC(=O)Nc1cccc(C(C)(O)c2cccc(NC(=O)OC)c2)c1. The van der Waals surface area contributed by atoms with Gasteiger partial charge in [-0.05, 0) is 42.3 Å². The summed E-state index contributed by atoms with van der Waals surface area (Å²) >= 11 is 0. The van der Waals surface area contributed by atoms with Gasteiger partial charge in [-0.2, -0.15) is 0 Å². The van der Waals surface area contributed by atoms with Crippen molar-refractivity contribution in [3.8, 4) is 0 Å². The summed E-state index contributed by atoms with van der Waals surface area (Å²) in [6.07, 6.45) is -1.19. The molecular weight excluding hydrogens is 324 g/mol. The van der Waals surface area contributed by atoms with E-state index < -0.39 is 17.8 Å². The van der Waals surface area contributed by atoms with Gasteiger partial charge in [0.05, 0.1) is 14.2 Å². The molecule has 2 amide bonds. The van der Waals surface area contributed by atoms with Gasteiger partial charge in [0.25, 0.3) is 0 Å². The van der Waals surface area contributed by atoms with E-state index in [0.29, 0.717) is 22.5 Å². The molecule has 0 aliphatic carbocycles. The first-order chi connectivity index (χ1) is 11.9. The molecule has 0 aliphatic heterocycles. The third kappa shape index (κ3) is 4.48. The minimum Gasteiger partial charge on any atom is -0.453 e. The Morgan fingerprint density at radius 3 is 1.64 bits per heavy atom. The first kappa shape index (κ1) is 18.3. The van der Waals surface area contributed by atoms with Crippen LogP contribution in [0.3, 0.4) is 0 Å². The average molecular weight is 344 g/mol. The molecule has 0 atom stereocenters. The van der Waals surface area contributed by atoms with Crippen molar-refractivity contribution in [2.24, 2.45) is 0 Å². The molecule has 0 aliphatic rings. The summed E-state index contributed by atoms with van der Waals surface area (Å²) in [6, 6.07) is 13.6. The van der Waals surface area contributed by atoms with Gasteiger partial charge in [0, 0.05) is 11.4 Å². The van der Waals surface area contributed by atoms with Crippen LogP contribution >= 0.6 is 0 Å². The van der Waals surface area contributed by atoms with E-state index in [4.69, 9.17) is 0 Å². The Morgan fingerprint density at radius 2 is 1.28 bits per heavy atom. The number of nitrogens with one attached hydrogen (secondary N) is 2. The molecule has 7 nitrogen and oxygen atoms in total. The van der Waals surface area contributed by atoms with Gasteiger partial charge < -0.3 is 14.6 Å². The molecule has 132 valence electrons. The Kier molecular flexibility index (Phi) is 5.61. The Bertz CT molecular complexity index is 710. The number of benzene rings is 2. The highest BCUT2D eigenvalue weighted by atomic mass is 16.5. The summed E-state index contributed by atoms with van der Waals surface area (Å²) in [5, 5.41) is 16.1. The van der Waals surface area contributed by atoms with Crippen molar-refractivity contribution in [2.45, 2.75) is 12.5 Å². The highest BCUT2D eigenvalue weighted by Crippen LogP contribution is 2.32. The molecule has 0 saturated heterocycles. The average Bonchev–Trinajstić information content (AvgIpc) is 2.62. The van der Waals surface area contributed by atoms with E-state index in [9.17, 15) is 14.7 Å². The number of ether oxygens (including phenoxy) is 2. The van der Waals surface area contributed by atoms with E-state index in [2.05, 4.69) is 20.1 Å². The smallest absolute Gasteiger partial charge is 0.411 e. The van der Waals surface area contributed by atoms with Gasteiger partial charge in [0.1, 0.15) is 5.60 Å². The van der Waals surface area contributed by atoms with Crippen molar-refractivity contribution in [3.63, 3.8) is 0 Å². The zero-order valence-electron chi connectivity index (χ0n) is 14.2. The van der Waals surface area contributed by atoms with Gasteiger partial charge in [-0.15, -0.1) is 0 Å². The van der Waals surface area contributed by atoms with Crippen LogP contribution in [-0.4, -0.2) is 31.5 Å². The molecule has 2 aromatic rings. The van der Waals surface area contributed by atoms with Gasteiger partial charge in [-0.3, -0.25) is 10.6 Å². The number of anilines is 2. The quantitative estimate of drug-likeness (QED) is 0.791. The lowest BCUT2D eigenvalue weighted by Crippen LogP contribution is -2.23. The van der Waals surface area contributed by atoms with E-state index in [1.165, 1.54) is 14.2 Å². The summed E-state index contributed by atoms with van der Waals surface area (Å²) < 4.78 is 9.13. The predicted octanol–water partition coefficient (Wildman–Crippen LogP) is 3.30. The van der Waals surface area contributed by atoms with E-state index in [1.54, 1.807) is 55.5 Å². The Hall–Kier alpha value is -3.06. The van der Waals surface area contributed by atoms with Crippen LogP contribution < -0.4 is 10.6 Å². The van der Waals surface area contributed by atoms with Crippen LogP contribution in [0.2, 0.25) is 0 Å². The van der Waals surface area contributed by atoms with Crippen LogP contribution in [-0.2, 0) is 15.1 Å². The van der Waals surface area contributed by atoms with Crippen molar-refractivity contribution in [1.82, 2.24) is 0 Å². The van der Waals surface area contributed by atoms with Gasteiger partial charge >= 0.3 is 12.2 Å². The molecule has 0 fully saturated rings. The van der Waals surface area contributed by atoms with Crippen LogP contribution in [0.25, 0.3) is 0 Å². The van der Waals surface area contributed by atoms with E-state index >= 15 is 0 Å². The van der Waals surface area contributed by atoms with Crippen molar-refractivity contribution in [3.05, 3.63) is 59.7 Å². The molecule has 3 N–H and O–H groups in total. The first-order valence-corrected chi connectivity index (χ1v) is 7.50. The van der Waals surface area contributed by atoms with Crippen molar-refractivity contribution in [1.29, 1.82) is 0 Å². The third-order valence-corrected chi connectivity index (χ3v) is 3.71. The maximum atomic E-state index is 11.3. The maximum absolute atomic E-state index is 11.3. The minimum atomic E-state index is -1.35. The van der Waals surface area contributed by atoms with Crippen LogP contribution in [0.4, 0.5) is 21.0 Å². The zero-order chi connectivity index (χ0) is 18.4. The van der Waals surface area contributed by atoms with Crippen molar-refractivity contribution >= 4 is 23.6 Å². The third-order valence-electron chi connectivity index (χ3n) is 3.71. The summed E-state index contributed by atoms with van der Waals surface area (Å²) in [4.78, 5) is 22.7. The lowest BCUT2D eigenvalue weighted by molar-refractivity contribution is 0.102. The number of methoxy groups -OCH3 is 2. The molecule has 0 radical (unpaired) electrons. The highest BCUT2D eigenvalue weighted by molar-refractivity contribution is 5.85. The number of aliphatic hydroxyl groups is 1. The second kappa shape index (κ2) is 7.67. The maximum Gasteiger partial charge on any atom is 0.411 e. The largest absolute Gasteiger partial charge is 0.453 e. The zero-order valence-corrected chi connectivity index (χ0v) is 14.2. The summed E-state index contributed by atoms with van der Waals surface area (Å²) in [7, 11) is 2.55. The first-order valence-electron chi connectivity index (χ1n) is 7.50. The molecule has 2 rings (SSSR count). The number of hydrogen-bond donors (Lipinski definition) is 3. The fourth-order valence-corrected chi connectivity index (χ4v) is 2.30. The summed E-state index contributed by atoms with van der Waals surface area (Å²) in [5.41, 5.74) is 0.775. The van der Waals surface area contributed by atoms with Gasteiger partial charge in [-0.25, -0.2) is 9.59 Å². The Labute approximate surface area is 145 Å². The molecule has 2 aromatic carbocycles. The molecule has 0 unspecified atom stereocenters. The second-order valence-corrected chi connectivity index (χ2v) is 5.47.